The molecule has 1 saturated carbocycles. The van der Waals surface area contributed by atoms with Crippen LogP contribution in [0.3, 0.4) is 0 Å². The number of benzene rings is 1. The van der Waals surface area contributed by atoms with E-state index in [0.717, 1.165) is 12.3 Å². The largest absolute Gasteiger partial charge is 0.207 e. The summed E-state index contributed by atoms with van der Waals surface area (Å²) in [7, 11) is 0. The lowest BCUT2D eigenvalue weighted by molar-refractivity contribution is 0.307. The molecule has 0 spiro atoms. The molecular formula is C17H25F. The zero-order valence-electron chi connectivity index (χ0n) is 11.7. The molecular weight excluding hydrogens is 223 g/mol. The average Bonchev–Trinajstić information content (AvgIpc) is 2.40. The summed E-state index contributed by atoms with van der Waals surface area (Å²) in [6, 6.07) is 5.36. The highest BCUT2D eigenvalue weighted by Crippen LogP contribution is 2.38. The average molecular weight is 248 g/mol. The van der Waals surface area contributed by atoms with E-state index >= 15 is 0 Å². The van der Waals surface area contributed by atoms with Crippen molar-refractivity contribution in [3.05, 3.63) is 35.1 Å². The van der Waals surface area contributed by atoms with Crippen molar-refractivity contribution in [1.29, 1.82) is 0 Å². The minimum atomic E-state index is -0.0714. The third-order valence-electron chi connectivity index (χ3n) is 4.47. The van der Waals surface area contributed by atoms with Crippen molar-refractivity contribution in [3.8, 4) is 0 Å². The van der Waals surface area contributed by atoms with Crippen molar-refractivity contribution in [3.63, 3.8) is 0 Å². The third kappa shape index (κ3) is 3.13. The van der Waals surface area contributed by atoms with Crippen molar-refractivity contribution < 1.29 is 4.39 Å². The first-order valence-corrected chi connectivity index (χ1v) is 7.52. The fourth-order valence-electron chi connectivity index (χ4n) is 3.44. The van der Waals surface area contributed by atoms with E-state index in [4.69, 9.17) is 0 Å². The molecule has 1 heteroatoms. The van der Waals surface area contributed by atoms with Crippen LogP contribution in [0.4, 0.5) is 4.39 Å². The molecule has 0 aromatic heterocycles. The molecule has 1 aromatic carbocycles. The molecule has 2 rings (SSSR count). The quantitative estimate of drug-likeness (QED) is 0.663. The van der Waals surface area contributed by atoms with Crippen molar-refractivity contribution >= 4 is 0 Å². The Morgan fingerprint density at radius 2 is 1.83 bits per heavy atom. The number of hydrogen-bond donors (Lipinski definition) is 0. The molecule has 0 radical (unpaired) electrons. The number of halogens is 1. The maximum atomic E-state index is 13.4. The summed E-state index contributed by atoms with van der Waals surface area (Å²) in [5.74, 6) is 1.45. The van der Waals surface area contributed by atoms with Crippen LogP contribution in [-0.2, 0) is 6.42 Å². The van der Waals surface area contributed by atoms with E-state index in [2.05, 4.69) is 13.8 Å². The summed E-state index contributed by atoms with van der Waals surface area (Å²) >= 11 is 0. The molecule has 0 N–H and O–H groups in total. The molecule has 0 atom stereocenters. The van der Waals surface area contributed by atoms with E-state index < -0.39 is 0 Å². The molecule has 1 fully saturated rings. The Balaban J connectivity index is 2.06. The molecule has 1 aliphatic rings. The molecule has 0 amide bonds. The van der Waals surface area contributed by atoms with Gasteiger partial charge in [-0.1, -0.05) is 32.8 Å². The van der Waals surface area contributed by atoms with Crippen LogP contribution in [0.15, 0.2) is 18.2 Å². The topological polar surface area (TPSA) is 0 Å². The maximum absolute atomic E-state index is 13.4. The van der Waals surface area contributed by atoms with Gasteiger partial charge in [-0.2, -0.15) is 0 Å². The molecule has 1 aromatic rings. The van der Waals surface area contributed by atoms with Gasteiger partial charge in [-0.25, -0.2) is 4.39 Å². The minimum absolute atomic E-state index is 0.0714. The lowest BCUT2D eigenvalue weighted by Gasteiger charge is -2.29. The Hall–Kier alpha value is -0.850. The molecule has 0 nitrogen and oxygen atoms in total. The highest BCUT2D eigenvalue weighted by molar-refractivity contribution is 5.31. The first kappa shape index (κ1) is 13.6. The van der Waals surface area contributed by atoms with Gasteiger partial charge < -0.3 is 0 Å². The molecule has 0 unspecified atom stereocenters. The molecule has 1 aliphatic carbocycles. The van der Waals surface area contributed by atoms with Gasteiger partial charge in [0.15, 0.2) is 0 Å². The van der Waals surface area contributed by atoms with Crippen LogP contribution in [0.2, 0.25) is 0 Å². The Kier molecular flexibility index (Phi) is 4.79. The van der Waals surface area contributed by atoms with E-state index in [9.17, 15) is 4.39 Å². The van der Waals surface area contributed by atoms with Gasteiger partial charge >= 0.3 is 0 Å². The van der Waals surface area contributed by atoms with Gasteiger partial charge in [-0.05, 0) is 67.2 Å². The Morgan fingerprint density at radius 3 is 2.44 bits per heavy atom. The van der Waals surface area contributed by atoms with Gasteiger partial charge in [0.05, 0.1) is 0 Å². The summed E-state index contributed by atoms with van der Waals surface area (Å²) in [6.07, 6.45) is 8.86. The van der Waals surface area contributed by atoms with Crippen molar-refractivity contribution in [2.24, 2.45) is 5.92 Å². The predicted octanol–water partition coefficient (Wildman–Crippen LogP) is 5.46. The molecule has 0 bridgehead atoms. The number of rotatable bonds is 4. The van der Waals surface area contributed by atoms with Crippen molar-refractivity contribution in [2.45, 2.75) is 64.7 Å². The lowest BCUT2D eigenvalue weighted by atomic mass is 9.76. The Bertz CT molecular complexity index is 375. The second kappa shape index (κ2) is 6.36. The fourth-order valence-corrected chi connectivity index (χ4v) is 3.44. The fraction of sp³-hybridized carbons (Fsp3) is 0.647. The summed E-state index contributed by atoms with van der Waals surface area (Å²) in [5, 5.41) is 0. The zero-order valence-corrected chi connectivity index (χ0v) is 11.7. The minimum Gasteiger partial charge on any atom is -0.207 e. The zero-order chi connectivity index (χ0) is 13.0. The number of hydrogen-bond acceptors (Lipinski definition) is 0. The molecule has 0 heterocycles. The highest BCUT2D eigenvalue weighted by Gasteiger charge is 2.23. The monoisotopic (exact) mass is 248 g/mol. The van der Waals surface area contributed by atoms with E-state index in [1.807, 2.05) is 6.07 Å². The van der Waals surface area contributed by atoms with Gasteiger partial charge in [-0.15, -0.1) is 0 Å². The van der Waals surface area contributed by atoms with E-state index in [1.165, 1.54) is 49.7 Å². The van der Waals surface area contributed by atoms with Crippen LogP contribution >= 0.6 is 0 Å². The molecule has 0 aliphatic heterocycles. The van der Waals surface area contributed by atoms with Crippen LogP contribution in [0, 0.1) is 11.7 Å². The first-order chi connectivity index (χ1) is 8.74. The second-order valence-corrected chi connectivity index (χ2v) is 5.70. The van der Waals surface area contributed by atoms with Crippen LogP contribution in [0.5, 0.6) is 0 Å². The molecule has 0 saturated heterocycles. The standard InChI is InChI=1S/C17H25F/c1-3-5-13-6-8-15(9-7-13)17-12-16(18)11-10-14(17)4-2/h10-13,15H,3-9H2,1-2H3. The predicted molar refractivity (Wildman–Crippen MR) is 75.4 cm³/mol. The van der Waals surface area contributed by atoms with E-state index in [1.54, 1.807) is 12.1 Å². The van der Waals surface area contributed by atoms with Crippen LogP contribution in [-0.4, -0.2) is 0 Å². The maximum Gasteiger partial charge on any atom is 0.123 e. The lowest BCUT2D eigenvalue weighted by Crippen LogP contribution is -2.14. The Morgan fingerprint density at radius 1 is 1.11 bits per heavy atom. The van der Waals surface area contributed by atoms with E-state index in [-0.39, 0.29) is 5.82 Å². The van der Waals surface area contributed by atoms with Crippen LogP contribution in [0.25, 0.3) is 0 Å². The van der Waals surface area contributed by atoms with Gasteiger partial charge in [-0.3, -0.25) is 0 Å². The van der Waals surface area contributed by atoms with Gasteiger partial charge in [0.25, 0.3) is 0 Å². The first-order valence-electron chi connectivity index (χ1n) is 7.52. The van der Waals surface area contributed by atoms with Crippen LogP contribution in [0.1, 0.15) is 69.4 Å². The summed E-state index contributed by atoms with van der Waals surface area (Å²) < 4.78 is 13.4. The summed E-state index contributed by atoms with van der Waals surface area (Å²) in [6.45, 7) is 4.44. The van der Waals surface area contributed by atoms with Crippen LogP contribution < -0.4 is 0 Å². The normalized spacial score (nSPS) is 24.2. The van der Waals surface area contributed by atoms with Gasteiger partial charge in [0.2, 0.25) is 0 Å². The summed E-state index contributed by atoms with van der Waals surface area (Å²) in [5.41, 5.74) is 2.63. The van der Waals surface area contributed by atoms with E-state index in [0.29, 0.717) is 5.92 Å². The smallest absolute Gasteiger partial charge is 0.123 e. The Labute approximate surface area is 111 Å². The van der Waals surface area contributed by atoms with Gasteiger partial charge in [0.1, 0.15) is 5.82 Å². The third-order valence-corrected chi connectivity index (χ3v) is 4.47. The van der Waals surface area contributed by atoms with Crippen molar-refractivity contribution in [1.82, 2.24) is 0 Å². The summed E-state index contributed by atoms with van der Waals surface area (Å²) in [4.78, 5) is 0. The molecule has 18 heavy (non-hydrogen) atoms. The van der Waals surface area contributed by atoms with Crippen molar-refractivity contribution in [2.75, 3.05) is 0 Å². The second-order valence-electron chi connectivity index (χ2n) is 5.70. The number of aryl methyl sites for hydroxylation is 1. The SMILES string of the molecule is CCCC1CCC(c2cc(F)ccc2CC)CC1. The highest BCUT2D eigenvalue weighted by atomic mass is 19.1. The van der Waals surface area contributed by atoms with Gasteiger partial charge in [0, 0.05) is 0 Å². The molecule has 100 valence electrons.